The fourth-order valence-electron chi connectivity index (χ4n) is 2.39. The maximum atomic E-state index is 10.4. The summed E-state index contributed by atoms with van der Waals surface area (Å²) in [5.74, 6) is -1.21. The number of aromatic hydroxyl groups is 1. The van der Waals surface area contributed by atoms with Gasteiger partial charge in [-0.25, -0.2) is 0 Å². The minimum Gasteiger partial charge on any atom is -0.497 e. The molecule has 12 heteroatoms. The van der Waals surface area contributed by atoms with Crippen LogP contribution in [0.3, 0.4) is 0 Å². The van der Waals surface area contributed by atoms with Gasteiger partial charge in [-0.2, -0.15) is 0 Å². The number of pyridine rings is 1. The third kappa shape index (κ3) is 5.45. The van der Waals surface area contributed by atoms with Crippen molar-refractivity contribution in [2.24, 2.45) is 0 Å². The number of hydrogen-bond acceptors (Lipinski definition) is 8. The van der Waals surface area contributed by atoms with E-state index in [9.17, 15) is 35.6 Å². The molecule has 0 aliphatic rings. The number of phenolic OH excluding ortho intramolecular Hbond substituents is 1. The summed E-state index contributed by atoms with van der Waals surface area (Å²) in [5, 5.41) is 49.7. The van der Waals surface area contributed by atoms with Gasteiger partial charge in [-0.3, -0.25) is 35.6 Å². The third-order valence-corrected chi connectivity index (χ3v) is 3.81. The fourth-order valence-corrected chi connectivity index (χ4v) is 2.39. The Kier molecular flexibility index (Phi) is 6.90. The third-order valence-electron chi connectivity index (χ3n) is 3.81. The SMILES string of the molecule is O=[N+]([O-])c1cc([N+](=O)[O-])c(O)c([N+](=O)[O-])c1.O[n+]1ccccc1Cc1ccccc1. The first-order valence-electron chi connectivity index (χ1n) is 8.23. The Morgan fingerprint density at radius 2 is 1.33 bits per heavy atom. The van der Waals surface area contributed by atoms with Gasteiger partial charge in [0.05, 0.1) is 33.3 Å². The van der Waals surface area contributed by atoms with Crippen molar-refractivity contribution in [2.45, 2.75) is 6.42 Å². The van der Waals surface area contributed by atoms with E-state index in [1.54, 1.807) is 12.3 Å². The molecule has 0 spiro atoms. The molecule has 0 saturated heterocycles. The Balaban J connectivity index is 0.000000215. The van der Waals surface area contributed by atoms with Gasteiger partial charge in [-0.1, -0.05) is 30.3 Å². The van der Waals surface area contributed by atoms with Gasteiger partial charge in [-0.05, 0) is 11.6 Å². The maximum absolute atomic E-state index is 10.4. The van der Waals surface area contributed by atoms with Crippen LogP contribution in [0.15, 0.2) is 66.9 Å². The van der Waals surface area contributed by atoms with Crippen LogP contribution < -0.4 is 4.73 Å². The largest absolute Gasteiger partial charge is 0.497 e. The zero-order chi connectivity index (χ0) is 22.3. The number of nitro groups is 3. The van der Waals surface area contributed by atoms with Gasteiger partial charge in [0.2, 0.25) is 11.9 Å². The molecule has 2 aromatic carbocycles. The molecule has 0 amide bonds. The van der Waals surface area contributed by atoms with Crippen LogP contribution in [0.5, 0.6) is 5.75 Å². The summed E-state index contributed by atoms with van der Waals surface area (Å²) in [6.45, 7) is 0. The average molecular weight is 415 g/mol. The average Bonchev–Trinajstić information content (AvgIpc) is 2.70. The number of rotatable bonds is 5. The number of aromatic nitrogens is 1. The first-order chi connectivity index (χ1) is 14.2. The van der Waals surface area contributed by atoms with E-state index in [2.05, 4.69) is 0 Å². The highest BCUT2D eigenvalue weighted by Crippen LogP contribution is 2.38. The number of nitrogens with zero attached hydrogens (tertiary/aromatic N) is 4. The molecule has 154 valence electrons. The first-order valence-corrected chi connectivity index (χ1v) is 8.23. The number of hydrogen-bond donors (Lipinski definition) is 2. The van der Waals surface area contributed by atoms with Gasteiger partial charge in [0.1, 0.15) is 0 Å². The molecule has 0 atom stereocenters. The highest BCUT2D eigenvalue weighted by Gasteiger charge is 2.30. The van der Waals surface area contributed by atoms with Crippen molar-refractivity contribution in [3.05, 3.63) is 108 Å². The van der Waals surface area contributed by atoms with E-state index in [1.807, 2.05) is 42.5 Å². The molecule has 0 bridgehead atoms. The minimum absolute atomic E-state index is 0.447. The molecule has 3 aromatic rings. The van der Waals surface area contributed by atoms with Crippen molar-refractivity contribution in [2.75, 3.05) is 0 Å². The fraction of sp³-hybridized carbons (Fsp3) is 0.0556. The molecule has 12 nitrogen and oxygen atoms in total. The number of phenols is 1. The highest BCUT2D eigenvalue weighted by atomic mass is 16.6. The Morgan fingerprint density at radius 3 is 1.80 bits per heavy atom. The summed E-state index contributed by atoms with van der Waals surface area (Å²) in [6.07, 6.45) is 2.39. The lowest BCUT2D eigenvalue weighted by Crippen LogP contribution is -2.34. The zero-order valence-electron chi connectivity index (χ0n) is 15.2. The Labute approximate surface area is 168 Å². The van der Waals surface area contributed by atoms with E-state index < -0.39 is 37.6 Å². The van der Waals surface area contributed by atoms with Crippen LogP contribution >= 0.6 is 0 Å². The second kappa shape index (κ2) is 9.54. The Bertz CT molecular complexity index is 1050. The summed E-state index contributed by atoms with van der Waals surface area (Å²) >= 11 is 0. The molecule has 0 unspecified atom stereocenters. The van der Waals surface area contributed by atoms with Gasteiger partial charge in [0, 0.05) is 16.9 Å². The van der Waals surface area contributed by atoms with Crippen molar-refractivity contribution < 1.29 is 29.8 Å². The van der Waals surface area contributed by atoms with Crippen LogP contribution in [0, 0.1) is 30.3 Å². The summed E-state index contributed by atoms with van der Waals surface area (Å²) in [6, 6.07) is 16.6. The van der Waals surface area contributed by atoms with Gasteiger partial charge in [0.15, 0.2) is 0 Å². The lowest BCUT2D eigenvalue weighted by Gasteiger charge is -1.97. The Hall–Kier alpha value is -4.61. The second-order valence-electron chi connectivity index (χ2n) is 5.80. The van der Waals surface area contributed by atoms with E-state index in [-0.39, 0.29) is 0 Å². The highest BCUT2D eigenvalue weighted by molar-refractivity contribution is 5.64. The quantitative estimate of drug-likeness (QED) is 0.277. The number of non-ortho nitro benzene ring substituents is 1. The molecule has 2 N–H and O–H groups in total. The van der Waals surface area contributed by atoms with Crippen LogP contribution in [0.4, 0.5) is 17.1 Å². The monoisotopic (exact) mass is 415 g/mol. The van der Waals surface area contributed by atoms with E-state index in [0.717, 1.165) is 16.8 Å². The van der Waals surface area contributed by atoms with Gasteiger partial charge in [-0.15, -0.1) is 0 Å². The molecule has 3 rings (SSSR count). The van der Waals surface area contributed by atoms with Crippen molar-refractivity contribution in [1.82, 2.24) is 0 Å². The van der Waals surface area contributed by atoms with Crippen molar-refractivity contribution in [3.8, 4) is 5.75 Å². The van der Waals surface area contributed by atoms with E-state index >= 15 is 0 Å². The molecule has 0 aliphatic carbocycles. The molecule has 30 heavy (non-hydrogen) atoms. The first kappa shape index (κ1) is 21.7. The van der Waals surface area contributed by atoms with Crippen LogP contribution in [0.1, 0.15) is 11.3 Å². The molecule has 0 radical (unpaired) electrons. The van der Waals surface area contributed by atoms with E-state index in [4.69, 9.17) is 5.11 Å². The van der Waals surface area contributed by atoms with Gasteiger partial charge >= 0.3 is 11.4 Å². The smallest absolute Gasteiger partial charge is 0.324 e. The molecule has 0 aliphatic heterocycles. The lowest BCUT2D eigenvalue weighted by molar-refractivity contribution is -0.909. The molecule has 1 aromatic heterocycles. The molecular formula is C18H15N4O8+. The predicted octanol–water partition coefficient (Wildman–Crippen LogP) is 2.92. The second-order valence-corrected chi connectivity index (χ2v) is 5.80. The van der Waals surface area contributed by atoms with Crippen molar-refractivity contribution in [1.29, 1.82) is 0 Å². The van der Waals surface area contributed by atoms with Crippen LogP contribution in [-0.4, -0.2) is 25.1 Å². The van der Waals surface area contributed by atoms with E-state index in [0.29, 0.717) is 12.1 Å². The minimum atomic E-state index is -1.21. The lowest BCUT2D eigenvalue weighted by atomic mass is 10.1. The van der Waals surface area contributed by atoms with Crippen molar-refractivity contribution >= 4 is 17.1 Å². The standard InChI is InChI=1S/C12H12NO.C6H3N3O7/c14-13-9-5-4-8-12(13)10-11-6-2-1-3-7-11;10-6-4(8(13)14)1-3(7(11)12)2-5(6)9(15)16/h1-9,14H,10H2;1-2,10H/q+1;. The summed E-state index contributed by atoms with van der Waals surface area (Å²) in [7, 11) is 0. The molecule has 0 fully saturated rings. The molecule has 1 heterocycles. The maximum Gasteiger partial charge on any atom is 0.324 e. The Morgan fingerprint density at radius 1 is 0.800 bits per heavy atom. The van der Waals surface area contributed by atoms with Gasteiger partial charge in [0.25, 0.3) is 11.4 Å². The summed E-state index contributed by atoms with van der Waals surface area (Å²) < 4.78 is 1.16. The van der Waals surface area contributed by atoms with Crippen LogP contribution in [0.25, 0.3) is 0 Å². The van der Waals surface area contributed by atoms with Crippen LogP contribution in [-0.2, 0) is 6.42 Å². The number of benzene rings is 2. The zero-order valence-corrected chi connectivity index (χ0v) is 15.2. The van der Waals surface area contributed by atoms with Crippen molar-refractivity contribution in [3.63, 3.8) is 0 Å². The predicted molar refractivity (Wildman–Crippen MR) is 101 cm³/mol. The molecular weight excluding hydrogens is 400 g/mol. The van der Waals surface area contributed by atoms with Gasteiger partial charge < -0.3 is 5.11 Å². The summed E-state index contributed by atoms with van der Waals surface area (Å²) in [5.41, 5.74) is -0.918. The molecule has 0 saturated carbocycles. The normalized spacial score (nSPS) is 9.87. The summed E-state index contributed by atoms with van der Waals surface area (Å²) in [4.78, 5) is 27.8. The van der Waals surface area contributed by atoms with E-state index in [1.165, 1.54) is 5.56 Å². The topological polar surface area (TPSA) is 174 Å². The van der Waals surface area contributed by atoms with Crippen LogP contribution in [0.2, 0.25) is 0 Å². The number of nitro benzene ring substituents is 3.